The van der Waals surface area contributed by atoms with Gasteiger partial charge >= 0.3 is 0 Å². The third kappa shape index (κ3) is 3.55. The van der Waals surface area contributed by atoms with E-state index in [2.05, 4.69) is 42.2 Å². The second-order valence-corrected chi connectivity index (χ2v) is 5.11. The zero-order chi connectivity index (χ0) is 12.8. The van der Waals surface area contributed by atoms with E-state index in [0.717, 1.165) is 26.2 Å². The van der Waals surface area contributed by atoms with Crippen LogP contribution in [0.4, 0.5) is 0 Å². The summed E-state index contributed by atoms with van der Waals surface area (Å²) >= 11 is 0. The summed E-state index contributed by atoms with van der Waals surface area (Å²) in [6.07, 6.45) is 2.38. The lowest BCUT2D eigenvalue weighted by atomic mass is 10.0. The van der Waals surface area contributed by atoms with Crippen molar-refractivity contribution in [2.24, 2.45) is 5.73 Å². The number of hydrogen-bond acceptors (Lipinski definition) is 3. The number of hydrogen-bond donors (Lipinski definition) is 1. The average Bonchev–Trinajstić information content (AvgIpc) is 2.46. The number of nitrogens with zero attached hydrogens (tertiary/aromatic N) is 1. The first-order valence-corrected chi connectivity index (χ1v) is 6.88. The zero-order valence-electron chi connectivity index (χ0n) is 11.2. The Morgan fingerprint density at radius 1 is 1.39 bits per heavy atom. The van der Waals surface area contributed by atoms with Gasteiger partial charge in [0.2, 0.25) is 0 Å². The van der Waals surface area contributed by atoms with Gasteiger partial charge in [-0.1, -0.05) is 30.3 Å². The quantitative estimate of drug-likeness (QED) is 0.866. The van der Waals surface area contributed by atoms with Crippen LogP contribution in [0.2, 0.25) is 0 Å². The van der Waals surface area contributed by atoms with Crippen LogP contribution in [0, 0.1) is 0 Å². The van der Waals surface area contributed by atoms with E-state index in [9.17, 15) is 0 Å². The Bertz CT molecular complexity index is 336. The fourth-order valence-corrected chi connectivity index (χ4v) is 2.56. The van der Waals surface area contributed by atoms with Gasteiger partial charge in [0.15, 0.2) is 0 Å². The number of benzene rings is 1. The smallest absolute Gasteiger partial charge is 0.0622 e. The maximum Gasteiger partial charge on any atom is 0.0622 e. The van der Waals surface area contributed by atoms with Crippen LogP contribution in [-0.4, -0.2) is 36.7 Å². The predicted octanol–water partition coefficient (Wildman–Crippen LogP) is 2.01. The number of nitrogens with two attached hydrogens (primary N) is 1. The lowest BCUT2D eigenvalue weighted by Gasteiger charge is -2.38. The molecule has 0 amide bonds. The zero-order valence-corrected chi connectivity index (χ0v) is 11.2. The summed E-state index contributed by atoms with van der Waals surface area (Å²) in [5.74, 6) is 0. The van der Waals surface area contributed by atoms with Gasteiger partial charge in [-0.25, -0.2) is 0 Å². The highest BCUT2D eigenvalue weighted by Gasteiger charge is 2.25. The molecule has 1 aromatic carbocycles. The first-order chi connectivity index (χ1) is 8.81. The highest BCUT2D eigenvalue weighted by atomic mass is 16.5. The van der Waals surface area contributed by atoms with E-state index in [1.807, 2.05) is 0 Å². The molecule has 2 N–H and O–H groups in total. The van der Waals surface area contributed by atoms with Crippen LogP contribution in [-0.2, 0) is 11.3 Å². The van der Waals surface area contributed by atoms with E-state index < -0.39 is 0 Å². The summed E-state index contributed by atoms with van der Waals surface area (Å²) in [7, 11) is 0. The molecule has 1 saturated heterocycles. The third-order valence-corrected chi connectivity index (χ3v) is 3.72. The fraction of sp³-hybridized carbons (Fsp3) is 0.600. The second-order valence-electron chi connectivity index (χ2n) is 5.11. The van der Waals surface area contributed by atoms with Crippen LogP contribution in [0.15, 0.2) is 30.3 Å². The minimum Gasteiger partial charge on any atom is -0.380 e. The molecule has 0 saturated carbocycles. The maximum absolute atomic E-state index is 5.85. The van der Waals surface area contributed by atoms with Crippen LogP contribution in [0.25, 0.3) is 0 Å². The standard InChI is InChI=1S/C15H24N2O/c1-13(10-16)17(15-8-5-9-18-12-15)11-14-6-3-2-4-7-14/h2-4,6-7,13,15H,5,8-12,16H2,1H3. The van der Waals surface area contributed by atoms with E-state index in [0.29, 0.717) is 18.6 Å². The van der Waals surface area contributed by atoms with Gasteiger partial charge in [-0.3, -0.25) is 4.90 Å². The minimum atomic E-state index is 0.400. The normalized spacial score (nSPS) is 22.1. The summed E-state index contributed by atoms with van der Waals surface area (Å²) < 4.78 is 5.61. The van der Waals surface area contributed by atoms with Crippen LogP contribution in [0.1, 0.15) is 25.3 Å². The molecule has 0 radical (unpaired) electrons. The van der Waals surface area contributed by atoms with E-state index in [4.69, 9.17) is 10.5 Å². The average molecular weight is 248 g/mol. The van der Waals surface area contributed by atoms with Gasteiger partial charge in [0.25, 0.3) is 0 Å². The summed E-state index contributed by atoms with van der Waals surface area (Å²) in [6, 6.07) is 11.5. The molecular weight excluding hydrogens is 224 g/mol. The van der Waals surface area contributed by atoms with E-state index in [1.54, 1.807) is 0 Å². The Morgan fingerprint density at radius 2 is 2.17 bits per heavy atom. The van der Waals surface area contributed by atoms with Crippen molar-refractivity contribution in [3.63, 3.8) is 0 Å². The number of ether oxygens (including phenoxy) is 1. The lowest BCUT2D eigenvalue weighted by Crippen LogP contribution is -2.48. The topological polar surface area (TPSA) is 38.5 Å². The van der Waals surface area contributed by atoms with Crippen LogP contribution in [0.3, 0.4) is 0 Å². The van der Waals surface area contributed by atoms with Gasteiger partial charge < -0.3 is 10.5 Å². The molecule has 2 atom stereocenters. The van der Waals surface area contributed by atoms with Crippen molar-refractivity contribution in [2.75, 3.05) is 19.8 Å². The van der Waals surface area contributed by atoms with Crippen molar-refractivity contribution >= 4 is 0 Å². The van der Waals surface area contributed by atoms with E-state index in [-0.39, 0.29) is 0 Å². The van der Waals surface area contributed by atoms with Gasteiger partial charge in [0, 0.05) is 31.8 Å². The fourth-order valence-electron chi connectivity index (χ4n) is 2.56. The van der Waals surface area contributed by atoms with Crippen LogP contribution >= 0.6 is 0 Å². The SMILES string of the molecule is CC(CN)N(Cc1ccccc1)C1CCCOC1. The molecule has 0 aliphatic carbocycles. The molecular formula is C15H24N2O. The molecule has 3 heteroatoms. The molecule has 0 bridgehead atoms. The predicted molar refractivity (Wildman–Crippen MR) is 74.3 cm³/mol. The molecule has 18 heavy (non-hydrogen) atoms. The van der Waals surface area contributed by atoms with E-state index in [1.165, 1.54) is 12.0 Å². The highest BCUT2D eigenvalue weighted by Crippen LogP contribution is 2.19. The molecule has 1 aromatic rings. The Labute approximate surface area is 110 Å². The van der Waals surface area contributed by atoms with Crippen molar-refractivity contribution in [1.29, 1.82) is 0 Å². The first-order valence-electron chi connectivity index (χ1n) is 6.88. The van der Waals surface area contributed by atoms with Crippen LogP contribution < -0.4 is 5.73 Å². The largest absolute Gasteiger partial charge is 0.380 e. The minimum absolute atomic E-state index is 0.400. The first kappa shape index (κ1) is 13.5. The van der Waals surface area contributed by atoms with Gasteiger partial charge in [-0.15, -0.1) is 0 Å². The second kappa shape index (κ2) is 6.88. The Balaban J connectivity index is 2.04. The molecule has 2 unspecified atom stereocenters. The Kier molecular flexibility index (Phi) is 5.17. The summed E-state index contributed by atoms with van der Waals surface area (Å²) in [5, 5.41) is 0. The van der Waals surface area contributed by atoms with Crippen molar-refractivity contribution in [3.05, 3.63) is 35.9 Å². The van der Waals surface area contributed by atoms with Crippen molar-refractivity contribution in [1.82, 2.24) is 4.90 Å². The molecule has 1 heterocycles. The van der Waals surface area contributed by atoms with Gasteiger partial charge in [0.05, 0.1) is 6.61 Å². The lowest BCUT2D eigenvalue weighted by molar-refractivity contribution is 0.000364. The molecule has 1 aliphatic rings. The number of rotatable bonds is 5. The summed E-state index contributed by atoms with van der Waals surface area (Å²) in [4.78, 5) is 2.49. The third-order valence-electron chi connectivity index (χ3n) is 3.72. The van der Waals surface area contributed by atoms with Crippen LogP contribution in [0.5, 0.6) is 0 Å². The maximum atomic E-state index is 5.85. The molecule has 2 rings (SSSR count). The summed E-state index contributed by atoms with van der Waals surface area (Å²) in [5.41, 5.74) is 7.20. The Morgan fingerprint density at radius 3 is 2.78 bits per heavy atom. The molecule has 1 fully saturated rings. The van der Waals surface area contributed by atoms with Crippen molar-refractivity contribution < 1.29 is 4.74 Å². The monoisotopic (exact) mass is 248 g/mol. The summed E-state index contributed by atoms with van der Waals surface area (Å²) in [6.45, 7) is 5.62. The Hall–Kier alpha value is -0.900. The molecule has 1 aliphatic heterocycles. The highest BCUT2D eigenvalue weighted by molar-refractivity contribution is 5.14. The molecule has 0 spiro atoms. The van der Waals surface area contributed by atoms with E-state index >= 15 is 0 Å². The van der Waals surface area contributed by atoms with Gasteiger partial charge in [0.1, 0.15) is 0 Å². The molecule has 3 nitrogen and oxygen atoms in total. The van der Waals surface area contributed by atoms with Crippen molar-refractivity contribution in [2.45, 2.75) is 38.4 Å². The molecule has 100 valence electrons. The van der Waals surface area contributed by atoms with Gasteiger partial charge in [-0.05, 0) is 25.3 Å². The van der Waals surface area contributed by atoms with Crippen molar-refractivity contribution in [3.8, 4) is 0 Å². The van der Waals surface area contributed by atoms with Gasteiger partial charge in [-0.2, -0.15) is 0 Å². The molecule has 0 aromatic heterocycles.